The van der Waals surface area contributed by atoms with Gasteiger partial charge in [-0.1, -0.05) is 35.4 Å². The second-order valence-electron chi connectivity index (χ2n) is 6.75. The fraction of sp³-hybridized carbons (Fsp3) is 0.300. The zero-order chi connectivity index (χ0) is 20.5. The van der Waals surface area contributed by atoms with E-state index in [1.807, 2.05) is 13.8 Å². The van der Waals surface area contributed by atoms with E-state index >= 15 is 0 Å². The summed E-state index contributed by atoms with van der Waals surface area (Å²) in [6.45, 7) is 10.4. The summed E-state index contributed by atoms with van der Waals surface area (Å²) in [4.78, 5) is 36.8. The molecule has 0 spiro atoms. The molecular weight excluding hydrogens is 374 g/mol. The van der Waals surface area contributed by atoms with Crippen LogP contribution in [-0.2, 0) is 13.6 Å². The molecule has 0 unspecified atom stereocenters. The fourth-order valence-corrected chi connectivity index (χ4v) is 3.94. The standard InChI is InChI=1S/C20H23O6P.Li/c1-11-7-13(3)17(14(4)8-11)19(21)25-27(23,24)26-20(22)18-15(5)9-12(2)10-16(18)6;/h7-10H,1-6H3,(H,23,24);/q;+1/p-1. The number of benzene rings is 2. The molecule has 144 valence electrons. The average molecular weight is 396 g/mol. The van der Waals surface area contributed by atoms with Crippen molar-refractivity contribution in [1.29, 1.82) is 0 Å². The van der Waals surface area contributed by atoms with Gasteiger partial charge in [-0.05, 0) is 63.8 Å². The van der Waals surface area contributed by atoms with Crippen molar-refractivity contribution in [3.8, 4) is 0 Å². The number of rotatable bonds is 4. The number of phosphoric ester groups is 1. The van der Waals surface area contributed by atoms with E-state index in [4.69, 9.17) is 0 Å². The number of phosphoric acid groups is 1. The smallest absolute Gasteiger partial charge is 0.736 e. The van der Waals surface area contributed by atoms with Gasteiger partial charge in [-0.25, -0.2) is 14.2 Å². The van der Waals surface area contributed by atoms with Crippen molar-refractivity contribution in [2.24, 2.45) is 0 Å². The molecule has 0 aromatic heterocycles. The van der Waals surface area contributed by atoms with E-state index in [0.29, 0.717) is 22.3 Å². The van der Waals surface area contributed by atoms with Gasteiger partial charge in [0.25, 0.3) is 0 Å². The van der Waals surface area contributed by atoms with Crippen molar-refractivity contribution in [2.75, 3.05) is 0 Å². The first-order chi connectivity index (χ1) is 12.4. The number of carbonyl (C=O) groups is 2. The van der Waals surface area contributed by atoms with Crippen molar-refractivity contribution >= 4 is 19.8 Å². The Hall–Kier alpha value is -1.83. The molecule has 8 heteroatoms. The minimum atomic E-state index is -5.19. The normalized spacial score (nSPS) is 10.8. The Kier molecular flexibility index (Phi) is 7.88. The molecule has 0 aliphatic heterocycles. The van der Waals surface area contributed by atoms with Gasteiger partial charge >= 0.3 is 38.6 Å². The van der Waals surface area contributed by atoms with Gasteiger partial charge in [-0.3, -0.25) is 0 Å². The molecule has 0 radical (unpaired) electrons. The predicted octanol–water partition coefficient (Wildman–Crippen LogP) is 1.02. The molecule has 2 aromatic rings. The summed E-state index contributed by atoms with van der Waals surface area (Å²) < 4.78 is 21.2. The molecule has 2 aromatic carbocycles. The van der Waals surface area contributed by atoms with Crippen molar-refractivity contribution in [2.45, 2.75) is 41.5 Å². The molecule has 0 aliphatic rings. The third kappa shape index (κ3) is 5.59. The Morgan fingerprint density at radius 2 is 0.964 bits per heavy atom. The molecule has 0 fully saturated rings. The van der Waals surface area contributed by atoms with Crippen molar-refractivity contribution < 1.29 is 47.0 Å². The Labute approximate surface area is 177 Å². The van der Waals surface area contributed by atoms with E-state index in [1.54, 1.807) is 52.0 Å². The average Bonchev–Trinajstić information content (AvgIpc) is 2.42. The zero-order valence-electron chi connectivity index (χ0n) is 17.2. The molecule has 0 bridgehead atoms. The summed E-state index contributed by atoms with van der Waals surface area (Å²) in [5, 5.41) is 0. The largest absolute Gasteiger partial charge is 1.00 e. The maximum absolute atomic E-state index is 12.3. The van der Waals surface area contributed by atoms with Crippen molar-refractivity contribution in [3.05, 3.63) is 68.8 Å². The SMILES string of the molecule is Cc1cc(C)c(C(=O)OP(=O)([O-])OC(=O)c2c(C)cc(C)cc2C)c(C)c1.[Li+]. The van der Waals surface area contributed by atoms with Gasteiger partial charge in [-0.15, -0.1) is 0 Å². The van der Waals surface area contributed by atoms with Gasteiger partial charge in [0.05, 0.1) is 11.1 Å². The third-order valence-electron chi connectivity index (χ3n) is 4.15. The predicted molar refractivity (Wildman–Crippen MR) is 99.7 cm³/mol. The number of hydrogen-bond acceptors (Lipinski definition) is 6. The first-order valence-corrected chi connectivity index (χ1v) is 9.82. The van der Waals surface area contributed by atoms with Crippen LogP contribution in [0.5, 0.6) is 0 Å². The van der Waals surface area contributed by atoms with Crippen LogP contribution in [0.1, 0.15) is 54.1 Å². The molecule has 0 N–H and O–H groups in total. The van der Waals surface area contributed by atoms with Gasteiger partial charge in [0.1, 0.15) is 0 Å². The number of hydrogen-bond donors (Lipinski definition) is 0. The quantitative estimate of drug-likeness (QED) is 0.566. The molecule has 0 atom stereocenters. The maximum atomic E-state index is 12.3. The molecule has 0 saturated carbocycles. The summed E-state index contributed by atoms with van der Waals surface area (Å²) in [7, 11) is -5.19. The van der Waals surface area contributed by atoms with Crippen LogP contribution in [-0.4, -0.2) is 11.9 Å². The minimum absolute atomic E-state index is 0. The van der Waals surface area contributed by atoms with Crippen LogP contribution in [0.4, 0.5) is 0 Å². The van der Waals surface area contributed by atoms with E-state index in [9.17, 15) is 19.0 Å². The maximum Gasteiger partial charge on any atom is 1.00 e. The minimum Gasteiger partial charge on any atom is -0.736 e. The van der Waals surface area contributed by atoms with Crippen LogP contribution in [0.25, 0.3) is 0 Å². The molecule has 0 saturated heterocycles. The van der Waals surface area contributed by atoms with Gasteiger partial charge in [0.2, 0.25) is 0 Å². The third-order valence-corrected chi connectivity index (χ3v) is 4.93. The van der Waals surface area contributed by atoms with Gasteiger partial charge in [-0.2, -0.15) is 0 Å². The van der Waals surface area contributed by atoms with Crippen molar-refractivity contribution in [1.82, 2.24) is 0 Å². The van der Waals surface area contributed by atoms with E-state index in [0.717, 1.165) is 11.1 Å². The second-order valence-corrected chi connectivity index (χ2v) is 8.01. The van der Waals surface area contributed by atoms with Crippen LogP contribution >= 0.6 is 7.82 Å². The topological polar surface area (TPSA) is 92.7 Å². The van der Waals surface area contributed by atoms with Crippen molar-refractivity contribution in [3.63, 3.8) is 0 Å². The summed E-state index contributed by atoms with van der Waals surface area (Å²) >= 11 is 0. The molecule has 28 heavy (non-hydrogen) atoms. The van der Waals surface area contributed by atoms with Gasteiger partial charge < -0.3 is 13.9 Å². The van der Waals surface area contributed by atoms with E-state index in [1.165, 1.54) is 0 Å². The summed E-state index contributed by atoms with van der Waals surface area (Å²) in [6.07, 6.45) is 0. The van der Waals surface area contributed by atoms with E-state index in [2.05, 4.69) is 9.05 Å². The number of aryl methyl sites for hydroxylation is 6. The van der Waals surface area contributed by atoms with Crippen LogP contribution in [0.3, 0.4) is 0 Å². The van der Waals surface area contributed by atoms with Crippen LogP contribution in [0.15, 0.2) is 24.3 Å². The molecular formula is C20H22LiO6P. The van der Waals surface area contributed by atoms with Crippen LogP contribution < -0.4 is 23.8 Å². The Morgan fingerprint density at radius 3 is 1.21 bits per heavy atom. The first kappa shape index (κ1) is 24.2. The molecule has 0 aliphatic carbocycles. The second kappa shape index (κ2) is 9.11. The molecule has 0 amide bonds. The Bertz CT molecular complexity index is 861. The molecule has 2 rings (SSSR count). The summed E-state index contributed by atoms with van der Waals surface area (Å²) in [5.41, 5.74) is 4.45. The van der Waals surface area contributed by atoms with Gasteiger partial charge in [0, 0.05) is 0 Å². The Balaban J connectivity index is 0.00000392. The van der Waals surface area contributed by atoms with Crippen LogP contribution in [0, 0.1) is 41.5 Å². The van der Waals surface area contributed by atoms with Gasteiger partial charge in [0.15, 0.2) is 0 Å². The first-order valence-electron chi connectivity index (χ1n) is 8.36. The fourth-order valence-electron chi connectivity index (χ4n) is 3.32. The van der Waals surface area contributed by atoms with E-state index in [-0.39, 0.29) is 30.0 Å². The molecule has 0 heterocycles. The summed E-state index contributed by atoms with van der Waals surface area (Å²) in [5.74, 6) is -2.15. The summed E-state index contributed by atoms with van der Waals surface area (Å²) in [6, 6.07) is 6.96. The van der Waals surface area contributed by atoms with E-state index < -0.39 is 19.8 Å². The zero-order valence-corrected chi connectivity index (χ0v) is 18.1. The number of carbonyl (C=O) groups excluding carboxylic acids is 2. The Morgan fingerprint density at radius 1 is 0.714 bits per heavy atom. The molecule has 6 nitrogen and oxygen atoms in total. The monoisotopic (exact) mass is 396 g/mol. The van der Waals surface area contributed by atoms with Crippen LogP contribution in [0.2, 0.25) is 0 Å².